The molecule has 0 saturated carbocycles. The SMILES string of the molecule is CC(SCC(C)(C)C(=O)Nc1ccccc1)C(=O)O. The second-order valence-corrected chi connectivity index (χ2v) is 6.32. The van der Waals surface area contributed by atoms with Crippen LogP contribution in [0.2, 0.25) is 0 Å². The van der Waals surface area contributed by atoms with E-state index < -0.39 is 16.6 Å². The molecule has 1 aromatic carbocycles. The highest BCUT2D eigenvalue weighted by Crippen LogP contribution is 2.26. The number of rotatable bonds is 6. The Morgan fingerprint density at radius 2 is 1.89 bits per heavy atom. The fraction of sp³-hybridized carbons (Fsp3) is 0.429. The van der Waals surface area contributed by atoms with Gasteiger partial charge in [0, 0.05) is 11.4 Å². The molecule has 5 heteroatoms. The molecule has 19 heavy (non-hydrogen) atoms. The van der Waals surface area contributed by atoms with Gasteiger partial charge < -0.3 is 10.4 Å². The van der Waals surface area contributed by atoms with Crippen LogP contribution in [-0.2, 0) is 9.59 Å². The predicted molar refractivity (Wildman–Crippen MR) is 78.4 cm³/mol. The third-order valence-corrected chi connectivity index (χ3v) is 4.28. The molecule has 2 N–H and O–H groups in total. The van der Waals surface area contributed by atoms with Crippen LogP contribution < -0.4 is 5.32 Å². The first-order chi connectivity index (χ1) is 8.83. The molecule has 1 rings (SSSR count). The summed E-state index contributed by atoms with van der Waals surface area (Å²) in [6.07, 6.45) is 0. The average molecular weight is 281 g/mol. The zero-order valence-corrected chi connectivity index (χ0v) is 12.2. The van der Waals surface area contributed by atoms with Gasteiger partial charge in [-0.1, -0.05) is 32.0 Å². The van der Waals surface area contributed by atoms with Gasteiger partial charge in [0.25, 0.3) is 0 Å². The van der Waals surface area contributed by atoms with E-state index in [-0.39, 0.29) is 5.91 Å². The maximum atomic E-state index is 12.1. The van der Waals surface area contributed by atoms with Gasteiger partial charge in [0.15, 0.2) is 0 Å². The van der Waals surface area contributed by atoms with Crippen molar-refractivity contribution in [2.75, 3.05) is 11.1 Å². The third kappa shape index (κ3) is 4.95. The second kappa shape index (κ2) is 6.61. The highest BCUT2D eigenvalue weighted by Gasteiger charge is 2.29. The number of amides is 1. The number of aliphatic carboxylic acids is 1. The minimum absolute atomic E-state index is 0.108. The first-order valence-electron chi connectivity index (χ1n) is 6.04. The second-order valence-electron chi connectivity index (χ2n) is 5.00. The number of para-hydroxylation sites is 1. The minimum Gasteiger partial charge on any atom is -0.480 e. The maximum absolute atomic E-state index is 12.1. The smallest absolute Gasteiger partial charge is 0.316 e. The Hall–Kier alpha value is -1.49. The Labute approximate surface area is 117 Å². The van der Waals surface area contributed by atoms with Gasteiger partial charge in [-0.25, -0.2) is 0 Å². The van der Waals surface area contributed by atoms with Gasteiger partial charge in [-0.3, -0.25) is 9.59 Å². The average Bonchev–Trinajstić information content (AvgIpc) is 2.37. The Morgan fingerprint density at radius 1 is 1.32 bits per heavy atom. The van der Waals surface area contributed by atoms with Crippen molar-refractivity contribution in [1.29, 1.82) is 0 Å². The molecule has 0 aliphatic heterocycles. The number of hydrogen-bond donors (Lipinski definition) is 2. The number of benzene rings is 1. The molecule has 0 aliphatic rings. The fourth-order valence-corrected chi connectivity index (χ4v) is 2.23. The standard InChI is InChI=1S/C14H19NO3S/c1-10(12(16)17)19-9-14(2,3)13(18)15-11-7-5-4-6-8-11/h4-8,10H,9H2,1-3H3,(H,15,18)(H,16,17). The van der Waals surface area contributed by atoms with Crippen LogP contribution >= 0.6 is 11.8 Å². The highest BCUT2D eigenvalue weighted by atomic mass is 32.2. The van der Waals surface area contributed by atoms with E-state index in [4.69, 9.17) is 5.11 Å². The van der Waals surface area contributed by atoms with Crippen LogP contribution in [0.4, 0.5) is 5.69 Å². The molecule has 0 heterocycles. The summed E-state index contributed by atoms with van der Waals surface area (Å²) in [5, 5.41) is 11.2. The summed E-state index contributed by atoms with van der Waals surface area (Å²) in [6, 6.07) is 9.22. The van der Waals surface area contributed by atoms with Crippen molar-refractivity contribution in [3.8, 4) is 0 Å². The zero-order valence-electron chi connectivity index (χ0n) is 11.3. The molecule has 0 saturated heterocycles. The number of carboxylic acid groups (broad SMARTS) is 1. The van der Waals surface area contributed by atoms with Gasteiger partial charge in [0.2, 0.25) is 5.91 Å². The molecule has 104 valence electrons. The van der Waals surface area contributed by atoms with Crippen molar-refractivity contribution < 1.29 is 14.7 Å². The Balaban J connectivity index is 2.57. The largest absolute Gasteiger partial charge is 0.480 e. The van der Waals surface area contributed by atoms with E-state index in [1.807, 2.05) is 44.2 Å². The Morgan fingerprint density at radius 3 is 2.42 bits per heavy atom. The summed E-state index contributed by atoms with van der Waals surface area (Å²) in [7, 11) is 0. The van der Waals surface area contributed by atoms with Crippen LogP contribution in [0.25, 0.3) is 0 Å². The highest BCUT2D eigenvalue weighted by molar-refractivity contribution is 8.00. The van der Waals surface area contributed by atoms with Crippen LogP contribution in [0.1, 0.15) is 20.8 Å². The molecule has 0 radical (unpaired) electrons. The molecule has 0 aromatic heterocycles. The zero-order chi connectivity index (χ0) is 14.5. The topological polar surface area (TPSA) is 66.4 Å². The van der Waals surface area contributed by atoms with Gasteiger partial charge in [0.1, 0.15) is 0 Å². The van der Waals surface area contributed by atoms with Crippen molar-refractivity contribution in [1.82, 2.24) is 0 Å². The number of anilines is 1. The molecule has 0 fully saturated rings. The molecule has 0 bridgehead atoms. The summed E-state index contributed by atoms with van der Waals surface area (Å²) in [4.78, 5) is 22.9. The van der Waals surface area contributed by atoms with Crippen LogP contribution in [0, 0.1) is 5.41 Å². The molecule has 1 unspecified atom stereocenters. The van der Waals surface area contributed by atoms with Gasteiger partial charge in [-0.15, -0.1) is 11.8 Å². The van der Waals surface area contributed by atoms with E-state index in [0.29, 0.717) is 5.75 Å². The predicted octanol–water partition coefficient (Wildman–Crippen LogP) is 2.86. The van der Waals surface area contributed by atoms with Crippen molar-refractivity contribution in [3.63, 3.8) is 0 Å². The minimum atomic E-state index is -0.857. The fourth-order valence-electron chi connectivity index (χ4n) is 1.29. The Bertz CT molecular complexity index is 445. The quantitative estimate of drug-likeness (QED) is 0.841. The lowest BCUT2D eigenvalue weighted by Gasteiger charge is -2.24. The normalized spacial score (nSPS) is 12.8. The molecule has 1 atom stereocenters. The van der Waals surface area contributed by atoms with Crippen LogP contribution in [-0.4, -0.2) is 28.0 Å². The van der Waals surface area contributed by atoms with Crippen LogP contribution in [0.3, 0.4) is 0 Å². The van der Waals surface area contributed by atoms with Gasteiger partial charge >= 0.3 is 5.97 Å². The number of carbonyl (C=O) groups excluding carboxylic acids is 1. The molecule has 0 spiro atoms. The van der Waals surface area contributed by atoms with Crippen molar-refractivity contribution in [2.45, 2.75) is 26.0 Å². The van der Waals surface area contributed by atoms with Crippen LogP contribution in [0.15, 0.2) is 30.3 Å². The monoisotopic (exact) mass is 281 g/mol. The van der Waals surface area contributed by atoms with Crippen LogP contribution in [0.5, 0.6) is 0 Å². The third-order valence-electron chi connectivity index (χ3n) is 2.69. The first-order valence-corrected chi connectivity index (χ1v) is 7.09. The van der Waals surface area contributed by atoms with Crippen molar-refractivity contribution in [2.24, 2.45) is 5.41 Å². The van der Waals surface area contributed by atoms with E-state index in [9.17, 15) is 9.59 Å². The summed E-state index contributed by atoms with van der Waals surface area (Å²) < 4.78 is 0. The summed E-state index contributed by atoms with van der Waals surface area (Å²) in [5.41, 5.74) is 0.126. The molecular formula is C14H19NO3S. The lowest BCUT2D eigenvalue weighted by Crippen LogP contribution is -2.34. The van der Waals surface area contributed by atoms with E-state index in [2.05, 4.69) is 5.32 Å². The summed E-state index contributed by atoms with van der Waals surface area (Å²) in [6.45, 7) is 5.25. The number of carboxylic acids is 1. The Kier molecular flexibility index (Phi) is 5.42. The van der Waals surface area contributed by atoms with E-state index >= 15 is 0 Å². The molecule has 1 amide bonds. The lowest BCUT2D eigenvalue weighted by molar-refractivity contribution is -0.136. The van der Waals surface area contributed by atoms with Gasteiger partial charge in [-0.05, 0) is 19.1 Å². The summed E-state index contributed by atoms with van der Waals surface area (Å²) in [5.74, 6) is -0.507. The lowest BCUT2D eigenvalue weighted by atomic mass is 9.95. The number of carbonyl (C=O) groups is 2. The number of nitrogens with one attached hydrogen (secondary N) is 1. The maximum Gasteiger partial charge on any atom is 0.316 e. The molecule has 4 nitrogen and oxygen atoms in total. The summed E-state index contributed by atoms with van der Waals surface area (Å²) >= 11 is 1.27. The number of hydrogen-bond acceptors (Lipinski definition) is 3. The van der Waals surface area contributed by atoms with E-state index in [0.717, 1.165) is 5.69 Å². The van der Waals surface area contributed by atoms with Gasteiger partial charge in [0.05, 0.1) is 10.7 Å². The van der Waals surface area contributed by atoms with E-state index in [1.165, 1.54) is 11.8 Å². The number of thioether (sulfide) groups is 1. The molecule has 1 aromatic rings. The van der Waals surface area contributed by atoms with Crippen molar-refractivity contribution >= 4 is 29.3 Å². The molecular weight excluding hydrogens is 262 g/mol. The van der Waals surface area contributed by atoms with Gasteiger partial charge in [-0.2, -0.15) is 0 Å². The van der Waals surface area contributed by atoms with Crippen molar-refractivity contribution in [3.05, 3.63) is 30.3 Å². The van der Waals surface area contributed by atoms with E-state index in [1.54, 1.807) is 6.92 Å². The first kappa shape index (κ1) is 15.6. The molecule has 0 aliphatic carbocycles.